The number of ether oxygens (including phenoxy) is 1. The molecule has 0 aliphatic carbocycles. The van der Waals surface area contributed by atoms with Crippen molar-refractivity contribution in [3.63, 3.8) is 0 Å². The Labute approximate surface area is 110 Å². The molecule has 0 spiro atoms. The molecule has 0 amide bonds. The van der Waals surface area contributed by atoms with E-state index in [1.807, 2.05) is 37.2 Å². The van der Waals surface area contributed by atoms with Crippen LogP contribution in [0.5, 0.6) is 5.75 Å². The van der Waals surface area contributed by atoms with E-state index in [4.69, 9.17) is 10.00 Å². The van der Waals surface area contributed by atoms with Gasteiger partial charge in [-0.05, 0) is 31.6 Å². The van der Waals surface area contributed by atoms with Gasteiger partial charge in [0, 0.05) is 0 Å². The SMILES string of the molecule is CC(C)c1ccccc1OCC(CC#N)N(C)C. The summed E-state index contributed by atoms with van der Waals surface area (Å²) in [6.07, 6.45) is 0.483. The number of para-hydroxylation sites is 1. The average Bonchev–Trinajstić information content (AvgIpc) is 2.34. The van der Waals surface area contributed by atoms with Gasteiger partial charge in [-0.3, -0.25) is 0 Å². The normalized spacial score (nSPS) is 12.5. The molecule has 18 heavy (non-hydrogen) atoms. The standard InChI is InChI=1S/C15H22N2O/c1-12(2)14-7-5-6-8-15(14)18-11-13(9-10-16)17(3)4/h5-8,12-13H,9,11H2,1-4H3. The van der Waals surface area contributed by atoms with Crippen LogP contribution in [0.25, 0.3) is 0 Å². The van der Waals surface area contributed by atoms with Crippen LogP contribution in [0.2, 0.25) is 0 Å². The fourth-order valence-electron chi connectivity index (χ4n) is 1.77. The Bertz CT molecular complexity index is 407. The highest BCUT2D eigenvalue weighted by atomic mass is 16.5. The molecule has 0 fully saturated rings. The number of hydrogen-bond acceptors (Lipinski definition) is 3. The zero-order chi connectivity index (χ0) is 13.5. The minimum absolute atomic E-state index is 0.134. The van der Waals surface area contributed by atoms with E-state index in [1.165, 1.54) is 5.56 Å². The smallest absolute Gasteiger partial charge is 0.122 e. The molecule has 1 rings (SSSR count). The summed E-state index contributed by atoms with van der Waals surface area (Å²) in [4.78, 5) is 2.03. The maximum atomic E-state index is 8.79. The second-order valence-electron chi connectivity index (χ2n) is 4.98. The minimum Gasteiger partial charge on any atom is -0.492 e. The fourth-order valence-corrected chi connectivity index (χ4v) is 1.77. The number of nitrogens with zero attached hydrogens (tertiary/aromatic N) is 2. The molecule has 98 valence electrons. The van der Waals surface area contributed by atoms with Crippen molar-refractivity contribution in [1.29, 1.82) is 5.26 Å². The molecule has 3 heteroatoms. The van der Waals surface area contributed by atoms with E-state index in [0.717, 1.165) is 5.75 Å². The van der Waals surface area contributed by atoms with Gasteiger partial charge >= 0.3 is 0 Å². The molecule has 0 N–H and O–H groups in total. The first kappa shape index (κ1) is 14.5. The molecule has 0 aliphatic rings. The van der Waals surface area contributed by atoms with Crippen LogP contribution in [-0.4, -0.2) is 31.6 Å². The van der Waals surface area contributed by atoms with E-state index in [-0.39, 0.29) is 6.04 Å². The number of likely N-dealkylation sites (N-methyl/N-ethyl adjacent to an activating group) is 1. The monoisotopic (exact) mass is 246 g/mol. The van der Waals surface area contributed by atoms with Crippen LogP contribution >= 0.6 is 0 Å². The van der Waals surface area contributed by atoms with Crippen LogP contribution in [0.3, 0.4) is 0 Å². The third-order valence-electron chi connectivity index (χ3n) is 3.03. The number of rotatable bonds is 6. The molecule has 0 aromatic heterocycles. The summed E-state index contributed by atoms with van der Waals surface area (Å²) < 4.78 is 5.88. The van der Waals surface area contributed by atoms with Crippen molar-refractivity contribution in [1.82, 2.24) is 4.90 Å². The number of hydrogen-bond donors (Lipinski definition) is 0. The quantitative estimate of drug-likeness (QED) is 0.774. The third kappa shape index (κ3) is 4.05. The summed E-state index contributed by atoms with van der Waals surface area (Å²) in [5.74, 6) is 1.37. The summed E-state index contributed by atoms with van der Waals surface area (Å²) in [6.45, 7) is 4.85. The molecular formula is C15H22N2O. The predicted octanol–water partition coefficient (Wildman–Crippen LogP) is 3.03. The van der Waals surface area contributed by atoms with Crippen molar-refractivity contribution in [2.24, 2.45) is 0 Å². The number of benzene rings is 1. The molecule has 0 saturated carbocycles. The Hall–Kier alpha value is -1.53. The largest absolute Gasteiger partial charge is 0.492 e. The minimum atomic E-state index is 0.134. The first-order valence-electron chi connectivity index (χ1n) is 6.31. The second-order valence-corrected chi connectivity index (χ2v) is 4.98. The van der Waals surface area contributed by atoms with Crippen molar-refractivity contribution >= 4 is 0 Å². The van der Waals surface area contributed by atoms with Crippen LogP contribution < -0.4 is 4.74 Å². The van der Waals surface area contributed by atoms with Gasteiger partial charge in [0.2, 0.25) is 0 Å². The summed E-state index contributed by atoms with van der Waals surface area (Å²) in [5, 5.41) is 8.79. The van der Waals surface area contributed by atoms with E-state index < -0.39 is 0 Å². The first-order chi connectivity index (χ1) is 8.56. The lowest BCUT2D eigenvalue weighted by molar-refractivity contribution is 0.186. The second kappa shape index (κ2) is 7.03. The van der Waals surface area contributed by atoms with Crippen LogP contribution in [-0.2, 0) is 0 Å². The third-order valence-corrected chi connectivity index (χ3v) is 3.03. The maximum Gasteiger partial charge on any atom is 0.122 e. The summed E-state index contributed by atoms with van der Waals surface area (Å²) in [6, 6.07) is 10.4. The fraction of sp³-hybridized carbons (Fsp3) is 0.533. The van der Waals surface area contributed by atoms with Crippen molar-refractivity contribution in [3.05, 3.63) is 29.8 Å². The van der Waals surface area contributed by atoms with E-state index in [0.29, 0.717) is 18.9 Å². The average molecular weight is 246 g/mol. The number of nitriles is 1. The van der Waals surface area contributed by atoms with Gasteiger partial charge in [0.05, 0.1) is 18.5 Å². The summed E-state index contributed by atoms with van der Waals surface area (Å²) >= 11 is 0. The molecule has 0 heterocycles. The maximum absolute atomic E-state index is 8.79. The topological polar surface area (TPSA) is 36.3 Å². The van der Waals surface area contributed by atoms with Crippen molar-refractivity contribution in [2.45, 2.75) is 32.2 Å². The molecule has 1 aromatic rings. The van der Waals surface area contributed by atoms with E-state index in [2.05, 4.69) is 26.0 Å². The van der Waals surface area contributed by atoms with Crippen LogP contribution in [0.4, 0.5) is 0 Å². The first-order valence-corrected chi connectivity index (χ1v) is 6.31. The summed E-state index contributed by atoms with van der Waals surface area (Å²) in [5.41, 5.74) is 1.21. The van der Waals surface area contributed by atoms with Crippen molar-refractivity contribution in [3.8, 4) is 11.8 Å². The van der Waals surface area contributed by atoms with Gasteiger partial charge < -0.3 is 9.64 Å². The Kier molecular flexibility index (Phi) is 5.67. The highest BCUT2D eigenvalue weighted by molar-refractivity contribution is 5.35. The van der Waals surface area contributed by atoms with Gasteiger partial charge in [-0.15, -0.1) is 0 Å². The van der Waals surface area contributed by atoms with Crippen molar-refractivity contribution in [2.75, 3.05) is 20.7 Å². The molecule has 0 bridgehead atoms. The molecular weight excluding hydrogens is 224 g/mol. The molecule has 0 saturated heterocycles. The lowest BCUT2D eigenvalue weighted by atomic mass is 10.0. The summed E-state index contributed by atoms with van der Waals surface area (Å²) in [7, 11) is 3.94. The van der Waals surface area contributed by atoms with E-state index in [1.54, 1.807) is 0 Å². The molecule has 1 atom stereocenters. The lowest BCUT2D eigenvalue weighted by Crippen LogP contribution is -2.33. The van der Waals surface area contributed by atoms with Gasteiger partial charge in [-0.2, -0.15) is 5.26 Å². The zero-order valence-electron chi connectivity index (χ0n) is 11.7. The van der Waals surface area contributed by atoms with Crippen molar-refractivity contribution < 1.29 is 4.74 Å². The molecule has 1 unspecified atom stereocenters. The molecule has 0 radical (unpaired) electrons. The zero-order valence-corrected chi connectivity index (χ0v) is 11.7. The Morgan fingerprint density at radius 3 is 2.50 bits per heavy atom. The van der Waals surface area contributed by atoms with Crippen LogP contribution in [0.15, 0.2) is 24.3 Å². The predicted molar refractivity (Wildman–Crippen MR) is 73.7 cm³/mol. The van der Waals surface area contributed by atoms with E-state index in [9.17, 15) is 0 Å². The van der Waals surface area contributed by atoms with Gasteiger partial charge in [0.25, 0.3) is 0 Å². The van der Waals surface area contributed by atoms with Crippen LogP contribution in [0.1, 0.15) is 31.7 Å². The lowest BCUT2D eigenvalue weighted by Gasteiger charge is -2.23. The Balaban J connectivity index is 2.70. The van der Waals surface area contributed by atoms with E-state index >= 15 is 0 Å². The Morgan fingerprint density at radius 1 is 1.28 bits per heavy atom. The molecule has 1 aromatic carbocycles. The molecule has 0 aliphatic heterocycles. The Morgan fingerprint density at radius 2 is 1.94 bits per heavy atom. The van der Waals surface area contributed by atoms with Gasteiger partial charge in [-0.1, -0.05) is 32.0 Å². The molecule has 3 nitrogen and oxygen atoms in total. The van der Waals surface area contributed by atoms with Gasteiger partial charge in [0.1, 0.15) is 12.4 Å². The van der Waals surface area contributed by atoms with Gasteiger partial charge in [0.15, 0.2) is 0 Å². The van der Waals surface area contributed by atoms with Gasteiger partial charge in [-0.25, -0.2) is 0 Å². The van der Waals surface area contributed by atoms with Crippen LogP contribution in [0, 0.1) is 11.3 Å². The highest BCUT2D eigenvalue weighted by Gasteiger charge is 2.13. The highest BCUT2D eigenvalue weighted by Crippen LogP contribution is 2.26.